The highest BCUT2D eigenvalue weighted by molar-refractivity contribution is 8.01. The molecule has 1 heterocycles. The zero-order chi connectivity index (χ0) is 23.1. The van der Waals surface area contributed by atoms with Crippen molar-refractivity contribution >= 4 is 74.9 Å². The molecule has 1 aromatic heterocycles. The summed E-state index contributed by atoms with van der Waals surface area (Å²) in [5.41, 5.74) is 0.885. The van der Waals surface area contributed by atoms with Crippen molar-refractivity contribution in [2.75, 3.05) is 23.0 Å². The van der Waals surface area contributed by atoms with Crippen molar-refractivity contribution in [3.05, 3.63) is 63.6 Å². The summed E-state index contributed by atoms with van der Waals surface area (Å²) in [6.07, 6.45) is 0. The summed E-state index contributed by atoms with van der Waals surface area (Å²) in [5.74, 6) is -1.27. The minimum Gasteiger partial charge on any atom is -0.462 e. The summed E-state index contributed by atoms with van der Waals surface area (Å²) in [6.45, 7) is 1.94. The summed E-state index contributed by atoms with van der Waals surface area (Å²) >= 11 is 14.1. The van der Waals surface area contributed by atoms with Crippen LogP contribution in [0.1, 0.15) is 27.6 Å². The van der Waals surface area contributed by atoms with Crippen molar-refractivity contribution in [1.82, 2.24) is 10.2 Å². The maximum atomic E-state index is 12.3. The molecule has 8 nitrogen and oxygen atoms in total. The Morgan fingerprint density at radius 3 is 2.59 bits per heavy atom. The van der Waals surface area contributed by atoms with E-state index in [9.17, 15) is 14.4 Å². The van der Waals surface area contributed by atoms with E-state index in [0.29, 0.717) is 15.0 Å². The van der Waals surface area contributed by atoms with Crippen molar-refractivity contribution in [3.63, 3.8) is 0 Å². The number of hydrogen-bond donors (Lipinski definition) is 2. The lowest BCUT2D eigenvalue weighted by molar-refractivity contribution is -0.113. The second kappa shape index (κ2) is 11.3. The number of benzene rings is 2. The van der Waals surface area contributed by atoms with E-state index in [1.54, 1.807) is 37.3 Å². The summed E-state index contributed by atoms with van der Waals surface area (Å²) in [6, 6.07) is 11.1. The Labute approximate surface area is 201 Å². The maximum Gasteiger partial charge on any atom is 0.340 e. The molecule has 0 bridgehead atoms. The number of ether oxygens (including phenoxy) is 1. The summed E-state index contributed by atoms with van der Waals surface area (Å²) in [7, 11) is 0. The van der Waals surface area contributed by atoms with Gasteiger partial charge in [-0.1, -0.05) is 58.4 Å². The molecule has 2 N–H and O–H groups in total. The number of aromatic nitrogens is 2. The van der Waals surface area contributed by atoms with E-state index < -0.39 is 11.9 Å². The number of halogens is 2. The lowest BCUT2D eigenvalue weighted by atomic mass is 10.2. The lowest BCUT2D eigenvalue weighted by Gasteiger charge is -2.09. The van der Waals surface area contributed by atoms with Gasteiger partial charge in [0.2, 0.25) is 11.0 Å². The zero-order valence-corrected chi connectivity index (χ0v) is 19.7. The van der Waals surface area contributed by atoms with Gasteiger partial charge < -0.3 is 10.1 Å². The minimum absolute atomic E-state index is 0.0305. The van der Waals surface area contributed by atoms with Gasteiger partial charge in [-0.2, -0.15) is 0 Å². The van der Waals surface area contributed by atoms with Gasteiger partial charge >= 0.3 is 5.97 Å². The van der Waals surface area contributed by atoms with Crippen molar-refractivity contribution in [3.8, 4) is 0 Å². The molecule has 0 saturated heterocycles. The Morgan fingerprint density at radius 1 is 1.06 bits per heavy atom. The van der Waals surface area contributed by atoms with Crippen LogP contribution < -0.4 is 10.6 Å². The van der Waals surface area contributed by atoms with Gasteiger partial charge in [-0.05, 0) is 37.3 Å². The largest absolute Gasteiger partial charge is 0.462 e. The number of nitrogens with one attached hydrogen (secondary N) is 2. The lowest BCUT2D eigenvalue weighted by Crippen LogP contribution is -2.17. The molecule has 0 aliphatic heterocycles. The number of thioether (sulfide) groups is 1. The van der Waals surface area contributed by atoms with Crippen LogP contribution in [0.4, 0.5) is 10.8 Å². The molecule has 3 aromatic rings. The predicted molar refractivity (Wildman–Crippen MR) is 126 cm³/mol. The summed E-state index contributed by atoms with van der Waals surface area (Å²) in [5, 5.41) is 14.1. The van der Waals surface area contributed by atoms with E-state index in [0.717, 1.165) is 23.1 Å². The topological polar surface area (TPSA) is 110 Å². The number of esters is 1. The summed E-state index contributed by atoms with van der Waals surface area (Å²) < 4.78 is 5.48. The Balaban J connectivity index is 1.56. The van der Waals surface area contributed by atoms with Gasteiger partial charge in [-0.3, -0.25) is 14.9 Å². The van der Waals surface area contributed by atoms with Crippen LogP contribution in [0.2, 0.25) is 10.0 Å². The van der Waals surface area contributed by atoms with Gasteiger partial charge in [0.25, 0.3) is 5.91 Å². The first-order valence-corrected chi connectivity index (χ1v) is 11.7. The van der Waals surface area contributed by atoms with Gasteiger partial charge in [-0.15, -0.1) is 10.2 Å². The van der Waals surface area contributed by atoms with Crippen molar-refractivity contribution in [2.45, 2.75) is 11.3 Å². The van der Waals surface area contributed by atoms with Crippen LogP contribution in [0.25, 0.3) is 0 Å². The van der Waals surface area contributed by atoms with E-state index in [1.807, 2.05) is 0 Å². The van der Waals surface area contributed by atoms with E-state index in [4.69, 9.17) is 27.9 Å². The van der Waals surface area contributed by atoms with Crippen molar-refractivity contribution in [1.29, 1.82) is 0 Å². The molecule has 0 saturated carbocycles. The first-order chi connectivity index (χ1) is 15.4. The number of anilines is 2. The van der Waals surface area contributed by atoms with Gasteiger partial charge in [-0.25, -0.2) is 4.79 Å². The number of rotatable bonds is 8. The Hall–Kier alpha value is -2.66. The standard InChI is InChI=1S/C20H16Cl2N4O4S2/c1-2-30-18(29)13-5-3-4-6-15(13)23-16(27)10-31-20-26-25-19(32-20)24-17(28)12-8-7-11(21)9-14(12)22/h3-9H,2,10H2,1H3,(H,23,27)(H,24,25,28). The van der Waals surface area contributed by atoms with Crippen LogP contribution in [0.15, 0.2) is 46.8 Å². The number of carbonyl (C=O) groups is 3. The average molecular weight is 511 g/mol. The van der Waals surface area contributed by atoms with Crippen LogP contribution in [0.5, 0.6) is 0 Å². The minimum atomic E-state index is -0.513. The van der Waals surface area contributed by atoms with E-state index >= 15 is 0 Å². The highest BCUT2D eigenvalue weighted by Crippen LogP contribution is 2.27. The second-order valence-corrected chi connectivity index (χ2v) is 9.10. The predicted octanol–water partition coefficient (Wildman–Crippen LogP) is 5.00. The fraction of sp³-hybridized carbons (Fsp3) is 0.150. The maximum absolute atomic E-state index is 12.3. The number of nitrogens with zero attached hydrogens (tertiary/aromatic N) is 2. The van der Waals surface area contributed by atoms with Crippen LogP contribution in [-0.2, 0) is 9.53 Å². The molecule has 12 heteroatoms. The number of para-hydroxylation sites is 1. The number of hydrogen-bond acceptors (Lipinski definition) is 8. The second-order valence-electron chi connectivity index (χ2n) is 6.05. The molecule has 2 amide bonds. The van der Waals surface area contributed by atoms with Gasteiger partial charge in [0.15, 0.2) is 4.34 Å². The zero-order valence-electron chi connectivity index (χ0n) is 16.6. The van der Waals surface area contributed by atoms with Gasteiger partial charge in [0.1, 0.15) is 0 Å². The third kappa shape index (κ3) is 6.42. The molecule has 0 spiro atoms. The van der Waals surface area contributed by atoms with E-state index in [1.165, 1.54) is 12.1 Å². The van der Waals surface area contributed by atoms with Gasteiger partial charge in [0, 0.05) is 5.02 Å². The molecule has 3 rings (SSSR count). The third-order valence-corrected chi connectivity index (χ3v) is 6.35. The highest BCUT2D eigenvalue weighted by Gasteiger charge is 2.16. The molecule has 0 unspecified atom stereocenters. The van der Waals surface area contributed by atoms with E-state index in [2.05, 4.69) is 20.8 Å². The molecule has 32 heavy (non-hydrogen) atoms. The van der Waals surface area contributed by atoms with Crippen molar-refractivity contribution in [2.24, 2.45) is 0 Å². The molecule has 0 fully saturated rings. The van der Waals surface area contributed by atoms with Crippen LogP contribution >= 0.6 is 46.3 Å². The summed E-state index contributed by atoms with van der Waals surface area (Å²) in [4.78, 5) is 36.7. The van der Waals surface area contributed by atoms with Gasteiger partial charge in [0.05, 0.1) is 34.2 Å². The SMILES string of the molecule is CCOC(=O)c1ccccc1NC(=O)CSc1nnc(NC(=O)c2ccc(Cl)cc2Cl)s1. The average Bonchev–Trinajstić information content (AvgIpc) is 3.20. The fourth-order valence-corrected chi connectivity index (χ4v) is 4.49. The molecule has 0 atom stereocenters. The Kier molecular flexibility index (Phi) is 8.46. The number of carbonyl (C=O) groups excluding carboxylic acids is 3. The third-order valence-electron chi connectivity index (χ3n) is 3.83. The fourth-order valence-electron chi connectivity index (χ4n) is 2.45. The molecule has 0 aliphatic carbocycles. The first kappa shape index (κ1) is 24.0. The Morgan fingerprint density at radius 2 is 1.84 bits per heavy atom. The molecule has 166 valence electrons. The quantitative estimate of drug-likeness (QED) is 0.249. The molecular weight excluding hydrogens is 495 g/mol. The monoisotopic (exact) mass is 510 g/mol. The smallest absolute Gasteiger partial charge is 0.340 e. The normalized spacial score (nSPS) is 10.5. The van der Waals surface area contributed by atoms with Crippen LogP contribution in [0, 0.1) is 0 Å². The molecular formula is C20H16Cl2N4O4S2. The van der Waals surface area contributed by atoms with Crippen molar-refractivity contribution < 1.29 is 19.1 Å². The highest BCUT2D eigenvalue weighted by atomic mass is 35.5. The molecule has 0 aliphatic rings. The first-order valence-electron chi connectivity index (χ1n) is 9.16. The molecule has 2 aromatic carbocycles. The van der Waals surface area contributed by atoms with Crippen LogP contribution in [-0.4, -0.2) is 40.3 Å². The number of amides is 2. The van der Waals surface area contributed by atoms with E-state index in [-0.39, 0.29) is 39.5 Å². The Bertz CT molecular complexity index is 1160. The molecule has 0 radical (unpaired) electrons. The van der Waals surface area contributed by atoms with Crippen LogP contribution in [0.3, 0.4) is 0 Å².